The largest absolute Gasteiger partial charge is 0.391 e. The highest BCUT2D eigenvalue weighted by atomic mass is 19.4. The third-order valence-corrected chi connectivity index (χ3v) is 6.79. The number of fused-ring (bicyclic) bond motifs is 1. The molecule has 3 aromatic heterocycles. The van der Waals surface area contributed by atoms with E-state index in [1.165, 1.54) is 0 Å². The van der Waals surface area contributed by atoms with Crippen LogP contribution in [0.15, 0.2) is 18.6 Å². The van der Waals surface area contributed by atoms with E-state index in [2.05, 4.69) is 20.1 Å². The standard InChI is InChI=1S/C22H24F3N7O/c1-12-8-26-19-18(13-6-15(7-13)22(23,24)25)29-21(30-20(19)28-12)31-4-5-33-17(11-31)14-9-27-32(10-14)16-2-3-16/h8-10,13,15-17H,2-7,11H2,1H3/t13?,15?,17-/m1/s1. The molecule has 0 bridgehead atoms. The van der Waals surface area contributed by atoms with Gasteiger partial charge in [0.15, 0.2) is 5.65 Å². The van der Waals surface area contributed by atoms with Gasteiger partial charge < -0.3 is 9.64 Å². The van der Waals surface area contributed by atoms with Crippen LogP contribution in [0.1, 0.15) is 60.7 Å². The Hall–Kier alpha value is -2.82. The molecule has 1 aliphatic heterocycles. The summed E-state index contributed by atoms with van der Waals surface area (Å²) in [5, 5.41) is 4.46. The summed E-state index contributed by atoms with van der Waals surface area (Å²) in [5.74, 6) is -1.12. The molecule has 8 nitrogen and oxygen atoms in total. The van der Waals surface area contributed by atoms with Crippen molar-refractivity contribution in [3.63, 3.8) is 0 Å². The number of hydrogen-bond acceptors (Lipinski definition) is 7. The van der Waals surface area contributed by atoms with E-state index < -0.39 is 12.1 Å². The molecule has 0 spiro atoms. The number of rotatable bonds is 4. The molecule has 3 aromatic rings. The fourth-order valence-electron chi connectivity index (χ4n) is 4.63. The normalized spacial score (nSPS) is 25.9. The van der Waals surface area contributed by atoms with E-state index in [4.69, 9.17) is 9.72 Å². The van der Waals surface area contributed by atoms with Gasteiger partial charge in [0.1, 0.15) is 11.6 Å². The Balaban J connectivity index is 1.30. The molecule has 0 radical (unpaired) electrons. The molecule has 6 rings (SSSR count). The number of ether oxygens (including phenoxy) is 1. The van der Waals surface area contributed by atoms with E-state index >= 15 is 0 Å². The summed E-state index contributed by atoms with van der Waals surface area (Å²) >= 11 is 0. The van der Waals surface area contributed by atoms with Crippen LogP contribution in [-0.4, -0.2) is 55.6 Å². The Morgan fingerprint density at radius 2 is 1.91 bits per heavy atom. The molecule has 33 heavy (non-hydrogen) atoms. The van der Waals surface area contributed by atoms with Gasteiger partial charge in [-0.05, 0) is 32.6 Å². The number of aryl methyl sites for hydroxylation is 1. The van der Waals surface area contributed by atoms with Crippen molar-refractivity contribution in [2.24, 2.45) is 5.92 Å². The van der Waals surface area contributed by atoms with E-state index in [-0.39, 0.29) is 24.9 Å². The summed E-state index contributed by atoms with van der Waals surface area (Å²) in [7, 11) is 0. The predicted molar refractivity (Wildman–Crippen MR) is 113 cm³/mol. The van der Waals surface area contributed by atoms with Crippen LogP contribution >= 0.6 is 0 Å². The molecular formula is C22H24F3N7O. The average Bonchev–Trinajstić information content (AvgIpc) is 3.48. The van der Waals surface area contributed by atoms with Crippen LogP contribution in [0.3, 0.4) is 0 Å². The lowest BCUT2D eigenvalue weighted by Crippen LogP contribution is -2.40. The van der Waals surface area contributed by atoms with Crippen LogP contribution in [0.5, 0.6) is 0 Å². The van der Waals surface area contributed by atoms with Gasteiger partial charge in [0, 0.05) is 30.4 Å². The number of hydrogen-bond donors (Lipinski definition) is 0. The van der Waals surface area contributed by atoms with Gasteiger partial charge in [-0.15, -0.1) is 0 Å². The Morgan fingerprint density at radius 1 is 1.09 bits per heavy atom. The second-order valence-corrected chi connectivity index (χ2v) is 9.29. The molecule has 174 valence electrons. The van der Waals surface area contributed by atoms with Crippen molar-refractivity contribution >= 4 is 17.1 Å². The van der Waals surface area contributed by atoms with Crippen molar-refractivity contribution in [3.05, 3.63) is 35.5 Å². The Labute approximate surface area is 188 Å². The third kappa shape index (κ3) is 3.92. The van der Waals surface area contributed by atoms with Crippen LogP contribution in [0.4, 0.5) is 19.1 Å². The van der Waals surface area contributed by atoms with Crippen molar-refractivity contribution in [2.45, 2.75) is 56.8 Å². The van der Waals surface area contributed by atoms with Gasteiger partial charge in [-0.3, -0.25) is 4.68 Å². The number of anilines is 1. The van der Waals surface area contributed by atoms with Crippen LogP contribution in [0.2, 0.25) is 0 Å². The van der Waals surface area contributed by atoms with Crippen LogP contribution in [0.25, 0.3) is 11.2 Å². The Morgan fingerprint density at radius 3 is 2.67 bits per heavy atom. The van der Waals surface area contributed by atoms with E-state index in [0.29, 0.717) is 54.2 Å². The van der Waals surface area contributed by atoms with Gasteiger partial charge in [0.25, 0.3) is 0 Å². The van der Waals surface area contributed by atoms with E-state index in [1.54, 1.807) is 6.20 Å². The van der Waals surface area contributed by atoms with Crippen molar-refractivity contribution in [2.75, 3.05) is 24.6 Å². The first-order valence-electron chi connectivity index (χ1n) is 11.3. The molecular weight excluding hydrogens is 435 g/mol. The van der Waals surface area contributed by atoms with Crippen molar-refractivity contribution in [1.82, 2.24) is 29.7 Å². The lowest BCUT2D eigenvalue weighted by Gasteiger charge is -2.37. The summed E-state index contributed by atoms with van der Waals surface area (Å²) in [6.07, 6.45) is 3.51. The Kier molecular flexibility index (Phi) is 4.79. The molecule has 4 heterocycles. The first kappa shape index (κ1) is 20.8. The maximum Gasteiger partial charge on any atom is 0.391 e. The van der Waals surface area contributed by atoms with Crippen LogP contribution < -0.4 is 4.90 Å². The van der Waals surface area contributed by atoms with E-state index in [9.17, 15) is 13.2 Å². The number of nitrogens with zero attached hydrogens (tertiary/aromatic N) is 7. The molecule has 0 aromatic carbocycles. The van der Waals surface area contributed by atoms with E-state index in [0.717, 1.165) is 18.4 Å². The third-order valence-electron chi connectivity index (χ3n) is 6.79. The zero-order valence-corrected chi connectivity index (χ0v) is 18.2. The number of halogens is 3. The first-order valence-corrected chi connectivity index (χ1v) is 11.3. The maximum absolute atomic E-state index is 13.1. The minimum atomic E-state index is -4.17. The number of morpholine rings is 1. The maximum atomic E-state index is 13.1. The molecule has 2 aliphatic carbocycles. The van der Waals surface area contributed by atoms with Gasteiger partial charge >= 0.3 is 6.18 Å². The van der Waals surface area contributed by atoms with Gasteiger partial charge in [-0.25, -0.2) is 15.0 Å². The number of alkyl halides is 3. The van der Waals surface area contributed by atoms with Gasteiger partial charge in [0.05, 0.1) is 42.7 Å². The molecule has 1 saturated heterocycles. The molecule has 0 N–H and O–H groups in total. The summed E-state index contributed by atoms with van der Waals surface area (Å²) < 4.78 is 47.3. The van der Waals surface area contributed by atoms with Gasteiger partial charge in [0.2, 0.25) is 5.95 Å². The average molecular weight is 459 g/mol. The zero-order chi connectivity index (χ0) is 22.7. The summed E-state index contributed by atoms with van der Waals surface area (Å²) in [6.45, 7) is 3.44. The first-order chi connectivity index (χ1) is 15.8. The van der Waals surface area contributed by atoms with Crippen molar-refractivity contribution in [3.8, 4) is 0 Å². The SMILES string of the molecule is Cc1cnc2c(C3CC(C(F)(F)F)C3)nc(N3CCO[C@@H](c4cnn(C5CC5)c4)C3)nc2n1. The fourth-order valence-corrected chi connectivity index (χ4v) is 4.63. The Bertz CT molecular complexity index is 1190. The fraction of sp³-hybridized carbons (Fsp3) is 0.591. The molecule has 0 unspecified atom stereocenters. The highest BCUT2D eigenvalue weighted by molar-refractivity contribution is 5.74. The smallest absolute Gasteiger partial charge is 0.370 e. The monoisotopic (exact) mass is 459 g/mol. The quantitative estimate of drug-likeness (QED) is 0.585. The van der Waals surface area contributed by atoms with Gasteiger partial charge in [-0.2, -0.15) is 23.3 Å². The van der Waals surface area contributed by atoms with Crippen molar-refractivity contribution < 1.29 is 17.9 Å². The minimum absolute atomic E-state index is 0.0245. The molecule has 3 aliphatic rings. The predicted octanol–water partition coefficient (Wildman–Crippen LogP) is 3.89. The molecule has 2 saturated carbocycles. The number of aromatic nitrogens is 6. The molecule has 3 fully saturated rings. The lowest BCUT2D eigenvalue weighted by molar-refractivity contribution is -0.197. The van der Waals surface area contributed by atoms with Crippen LogP contribution in [0, 0.1) is 12.8 Å². The molecule has 11 heteroatoms. The topological polar surface area (TPSA) is 81.9 Å². The highest BCUT2D eigenvalue weighted by Crippen LogP contribution is 2.50. The van der Waals surface area contributed by atoms with Gasteiger partial charge in [-0.1, -0.05) is 0 Å². The zero-order valence-electron chi connectivity index (χ0n) is 18.2. The second kappa shape index (κ2) is 7.61. The molecule has 1 atom stereocenters. The lowest BCUT2D eigenvalue weighted by atomic mass is 9.72. The van der Waals surface area contributed by atoms with E-state index in [1.807, 2.05) is 28.9 Å². The summed E-state index contributed by atoms with van der Waals surface area (Å²) in [5.41, 5.74) is 3.19. The summed E-state index contributed by atoms with van der Waals surface area (Å²) in [4.78, 5) is 20.3. The molecule has 0 amide bonds. The minimum Gasteiger partial charge on any atom is -0.370 e. The summed E-state index contributed by atoms with van der Waals surface area (Å²) in [6, 6.07) is 0.495. The van der Waals surface area contributed by atoms with Crippen molar-refractivity contribution in [1.29, 1.82) is 0 Å². The van der Waals surface area contributed by atoms with Crippen LogP contribution in [-0.2, 0) is 4.74 Å². The highest BCUT2D eigenvalue weighted by Gasteiger charge is 2.49. The second-order valence-electron chi connectivity index (χ2n) is 9.29.